The first-order chi connectivity index (χ1) is 12.2. The first-order valence-electron chi connectivity index (χ1n) is 7.45. The minimum Gasteiger partial charge on any atom is -0.507 e. The highest BCUT2D eigenvalue weighted by atomic mass is 16.3. The molecule has 122 valence electrons. The van der Waals surface area contributed by atoms with Crippen LogP contribution in [0.5, 0.6) is 5.75 Å². The fraction of sp³-hybridized carbons (Fsp3) is 0.111. The highest BCUT2D eigenvalue weighted by molar-refractivity contribution is 6.13. The number of rotatable bonds is 2. The van der Waals surface area contributed by atoms with Gasteiger partial charge in [-0.3, -0.25) is 15.1 Å². The predicted molar refractivity (Wildman–Crippen MR) is 93.8 cm³/mol. The molecule has 0 aromatic heterocycles. The van der Waals surface area contributed by atoms with Gasteiger partial charge < -0.3 is 10.4 Å². The molecular weight excluding hydrogens is 318 g/mol. The van der Waals surface area contributed by atoms with E-state index in [1.165, 1.54) is 12.1 Å². The van der Waals surface area contributed by atoms with Crippen LogP contribution in [0.3, 0.4) is 0 Å². The highest BCUT2D eigenvalue weighted by Gasteiger charge is 2.24. The summed E-state index contributed by atoms with van der Waals surface area (Å²) in [6.07, 6.45) is 0. The van der Waals surface area contributed by atoms with Crippen molar-refractivity contribution >= 4 is 23.2 Å². The molecule has 0 atom stereocenters. The first kappa shape index (κ1) is 16.0. The third kappa shape index (κ3) is 2.99. The summed E-state index contributed by atoms with van der Waals surface area (Å²) in [6, 6.07) is 9.40. The molecule has 1 aliphatic heterocycles. The lowest BCUT2D eigenvalue weighted by molar-refractivity contribution is 0.0974. The standard InChI is InChI=1S/C18H13N5O2/c1-19-12-6-4-3-5-11(12)15-13(20-2)7-8-14(24)16(15)17(25)23-18-21-9-10-22-18/h3-8,24H,9-10H2,(H2,21,22,23,25). The van der Waals surface area contributed by atoms with Crippen LogP contribution in [0.2, 0.25) is 0 Å². The average Bonchev–Trinajstić information content (AvgIpc) is 3.14. The number of para-hydroxylation sites is 1. The van der Waals surface area contributed by atoms with E-state index in [0.717, 1.165) is 0 Å². The van der Waals surface area contributed by atoms with Crippen LogP contribution in [0.4, 0.5) is 11.4 Å². The molecular formula is C18H13N5O2. The number of carbonyl (C=O) groups is 1. The quantitative estimate of drug-likeness (QED) is 0.740. The second-order valence-electron chi connectivity index (χ2n) is 5.21. The van der Waals surface area contributed by atoms with Crippen molar-refractivity contribution in [2.45, 2.75) is 0 Å². The Kier molecular flexibility index (Phi) is 4.32. The smallest absolute Gasteiger partial charge is 0.260 e. The third-order valence-corrected chi connectivity index (χ3v) is 3.71. The maximum absolute atomic E-state index is 12.7. The zero-order valence-corrected chi connectivity index (χ0v) is 13.1. The number of hydrogen-bond acceptors (Lipinski definition) is 4. The van der Waals surface area contributed by atoms with Crippen molar-refractivity contribution in [3.05, 3.63) is 64.8 Å². The van der Waals surface area contributed by atoms with Crippen molar-refractivity contribution in [3.63, 3.8) is 0 Å². The summed E-state index contributed by atoms with van der Waals surface area (Å²) in [7, 11) is 0. The van der Waals surface area contributed by atoms with E-state index in [9.17, 15) is 9.90 Å². The monoisotopic (exact) mass is 331 g/mol. The second kappa shape index (κ2) is 6.73. The number of nitrogens with zero attached hydrogens (tertiary/aromatic N) is 3. The number of carbonyl (C=O) groups excluding carboxylic acids is 1. The SMILES string of the molecule is [C-]#[N+]c1ccccc1-c1c([N+]#[C-])ccc(O)c1C(=O)NC1=NCCN1. The molecule has 1 heterocycles. The predicted octanol–water partition coefficient (Wildman–Crippen LogP) is 2.85. The van der Waals surface area contributed by atoms with Gasteiger partial charge in [-0.05, 0) is 17.2 Å². The van der Waals surface area contributed by atoms with Crippen LogP contribution in [-0.4, -0.2) is 30.1 Å². The van der Waals surface area contributed by atoms with Crippen LogP contribution in [0.25, 0.3) is 20.8 Å². The lowest BCUT2D eigenvalue weighted by atomic mass is 9.95. The van der Waals surface area contributed by atoms with E-state index < -0.39 is 5.91 Å². The Morgan fingerprint density at radius 3 is 2.60 bits per heavy atom. The van der Waals surface area contributed by atoms with Gasteiger partial charge in [0.15, 0.2) is 17.3 Å². The van der Waals surface area contributed by atoms with Gasteiger partial charge in [0, 0.05) is 6.54 Å². The fourth-order valence-electron chi connectivity index (χ4n) is 2.61. The van der Waals surface area contributed by atoms with E-state index in [1.807, 2.05) is 0 Å². The van der Waals surface area contributed by atoms with Gasteiger partial charge in [-0.15, -0.1) is 0 Å². The second-order valence-corrected chi connectivity index (χ2v) is 5.21. The number of phenolic OH excluding ortho intramolecular Hbond substituents is 1. The lowest BCUT2D eigenvalue weighted by Crippen LogP contribution is -2.38. The van der Waals surface area contributed by atoms with E-state index >= 15 is 0 Å². The van der Waals surface area contributed by atoms with Gasteiger partial charge in [-0.1, -0.05) is 30.3 Å². The number of hydrogen-bond donors (Lipinski definition) is 3. The number of benzene rings is 2. The summed E-state index contributed by atoms with van der Waals surface area (Å²) < 4.78 is 0. The molecule has 3 rings (SSSR count). The fourth-order valence-corrected chi connectivity index (χ4v) is 2.61. The summed E-state index contributed by atoms with van der Waals surface area (Å²) in [6.45, 7) is 15.9. The molecule has 0 spiro atoms. The van der Waals surface area contributed by atoms with Gasteiger partial charge in [-0.25, -0.2) is 9.69 Å². The normalized spacial score (nSPS) is 12.5. The molecule has 2 aromatic carbocycles. The van der Waals surface area contributed by atoms with Gasteiger partial charge in [0.1, 0.15) is 5.75 Å². The van der Waals surface area contributed by atoms with Crippen LogP contribution in [0.15, 0.2) is 41.4 Å². The number of aromatic hydroxyl groups is 1. The van der Waals surface area contributed by atoms with E-state index in [4.69, 9.17) is 13.1 Å². The Bertz CT molecular complexity index is 966. The van der Waals surface area contributed by atoms with Crippen molar-refractivity contribution in [2.24, 2.45) is 4.99 Å². The van der Waals surface area contributed by atoms with E-state index in [2.05, 4.69) is 25.3 Å². The number of nitrogens with one attached hydrogen (secondary N) is 2. The van der Waals surface area contributed by atoms with E-state index in [0.29, 0.717) is 30.3 Å². The minimum atomic E-state index is -0.592. The molecule has 7 heteroatoms. The summed E-state index contributed by atoms with van der Waals surface area (Å²) >= 11 is 0. The first-order valence-corrected chi connectivity index (χ1v) is 7.45. The molecule has 0 aliphatic carbocycles. The number of guanidine groups is 1. The van der Waals surface area contributed by atoms with Gasteiger partial charge in [0.2, 0.25) is 0 Å². The van der Waals surface area contributed by atoms with Crippen LogP contribution >= 0.6 is 0 Å². The summed E-state index contributed by atoms with van der Waals surface area (Å²) in [5.74, 6) is -0.536. The number of amides is 1. The average molecular weight is 331 g/mol. The molecule has 0 fully saturated rings. The maximum Gasteiger partial charge on any atom is 0.260 e. The van der Waals surface area contributed by atoms with Crippen molar-refractivity contribution in [1.29, 1.82) is 0 Å². The molecule has 0 unspecified atom stereocenters. The number of phenols is 1. The Labute approximate surface area is 144 Å². The van der Waals surface area contributed by atoms with Gasteiger partial charge in [0.25, 0.3) is 5.91 Å². The summed E-state index contributed by atoms with van der Waals surface area (Å²) in [5, 5.41) is 15.8. The van der Waals surface area contributed by atoms with Crippen LogP contribution in [0.1, 0.15) is 10.4 Å². The Morgan fingerprint density at radius 2 is 1.92 bits per heavy atom. The molecule has 0 bridgehead atoms. The van der Waals surface area contributed by atoms with E-state index in [-0.39, 0.29) is 22.6 Å². The molecule has 0 saturated carbocycles. The zero-order valence-electron chi connectivity index (χ0n) is 13.1. The summed E-state index contributed by atoms with van der Waals surface area (Å²) in [5.41, 5.74) is 1.08. The molecule has 2 aromatic rings. The van der Waals surface area contributed by atoms with Crippen molar-refractivity contribution < 1.29 is 9.90 Å². The van der Waals surface area contributed by atoms with Gasteiger partial charge >= 0.3 is 0 Å². The molecule has 1 aliphatic rings. The topological polar surface area (TPSA) is 82.4 Å². The summed E-state index contributed by atoms with van der Waals surface area (Å²) in [4.78, 5) is 23.7. The Hall–Kier alpha value is -3.84. The molecule has 25 heavy (non-hydrogen) atoms. The zero-order chi connectivity index (χ0) is 17.8. The Balaban J connectivity index is 2.20. The third-order valence-electron chi connectivity index (χ3n) is 3.71. The van der Waals surface area contributed by atoms with E-state index in [1.54, 1.807) is 24.3 Å². The van der Waals surface area contributed by atoms with Crippen LogP contribution in [0, 0.1) is 13.1 Å². The molecule has 0 saturated heterocycles. The molecule has 1 amide bonds. The maximum atomic E-state index is 12.7. The van der Waals surface area contributed by atoms with Crippen molar-refractivity contribution in [2.75, 3.05) is 13.1 Å². The molecule has 0 radical (unpaired) electrons. The van der Waals surface area contributed by atoms with Crippen LogP contribution < -0.4 is 10.6 Å². The van der Waals surface area contributed by atoms with Gasteiger partial charge in [0.05, 0.1) is 25.3 Å². The van der Waals surface area contributed by atoms with Crippen molar-refractivity contribution in [1.82, 2.24) is 10.6 Å². The largest absolute Gasteiger partial charge is 0.507 e. The molecule has 3 N–H and O–H groups in total. The van der Waals surface area contributed by atoms with Crippen LogP contribution in [-0.2, 0) is 0 Å². The van der Waals surface area contributed by atoms with Crippen molar-refractivity contribution in [3.8, 4) is 16.9 Å². The lowest BCUT2D eigenvalue weighted by Gasteiger charge is -2.15. The van der Waals surface area contributed by atoms with Gasteiger partial charge in [-0.2, -0.15) is 0 Å². The number of aliphatic imine (C=N–C) groups is 1. The highest BCUT2D eigenvalue weighted by Crippen LogP contribution is 2.42. The molecule has 7 nitrogen and oxygen atoms in total. The Morgan fingerprint density at radius 1 is 1.16 bits per heavy atom. The minimum absolute atomic E-state index is 0.0546.